The van der Waals surface area contributed by atoms with E-state index in [1.54, 1.807) is 0 Å². The van der Waals surface area contributed by atoms with Gasteiger partial charge < -0.3 is 5.32 Å². The van der Waals surface area contributed by atoms with Gasteiger partial charge in [-0.15, -0.1) is 0 Å². The van der Waals surface area contributed by atoms with Gasteiger partial charge in [-0.25, -0.2) is 22.2 Å². The summed E-state index contributed by atoms with van der Waals surface area (Å²) in [7, 11) is -4.09. The number of nitrogens with one attached hydrogen (secondary N) is 1. The van der Waals surface area contributed by atoms with E-state index < -0.39 is 38.6 Å². The number of Topliss-reactive ketones (excluding diaryl/α,β-unsaturated/α-hetero) is 1. The molecule has 0 spiro atoms. The monoisotopic (exact) mass is 487 g/mol. The third-order valence-corrected chi connectivity index (χ3v) is 6.48. The van der Waals surface area contributed by atoms with Crippen LogP contribution in [-0.2, 0) is 33.6 Å². The topological polar surface area (TPSA) is 88.5 Å². The maximum Gasteiger partial charge on any atom is 0.416 e. The molecule has 6 nitrogen and oxygen atoms in total. The Morgan fingerprint density at radius 2 is 1.88 bits per heavy atom. The number of hydrogen-bond donors (Lipinski definition) is 1. The summed E-state index contributed by atoms with van der Waals surface area (Å²) >= 11 is 0. The molecule has 1 saturated carbocycles. The summed E-state index contributed by atoms with van der Waals surface area (Å²) in [5, 5.41) is 2.73. The summed E-state index contributed by atoms with van der Waals surface area (Å²) < 4.78 is 90.2. The van der Waals surface area contributed by atoms with Gasteiger partial charge in [0.25, 0.3) is 6.43 Å². The molecule has 1 aromatic carbocycles. The number of nitrogens with zero attached hydrogens (tertiary/aromatic N) is 2. The molecule has 0 atom stereocenters. The van der Waals surface area contributed by atoms with Crippen LogP contribution in [0.2, 0.25) is 0 Å². The Labute approximate surface area is 185 Å². The van der Waals surface area contributed by atoms with Crippen LogP contribution >= 0.6 is 0 Å². The number of sulfone groups is 1. The largest absolute Gasteiger partial charge is 0.416 e. The molecule has 2 aliphatic rings. The van der Waals surface area contributed by atoms with E-state index in [-0.39, 0.29) is 53.0 Å². The fraction of sp³-hybridized carbons (Fsp3) is 0.381. The number of anilines is 2. The molecule has 0 amide bonds. The number of carbonyl (C=O) groups excluding carboxylic acids is 1. The second kappa shape index (κ2) is 8.15. The Morgan fingerprint density at radius 1 is 1.18 bits per heavy atom. The molecular weight excluding hydrogens is 469 g/mol. The number of fused-ring (bicyclic) bond motifs is 1. The molecule has 1 N–H and O–H groups in total. The lowest BCUT2D eigenvalue weighted by molar-refractivity contribution is -0.137. The number of hydrogen-bond acceptors (Lipinski definition) is 6. The number of pyridine rings is 1. The minimum atomic E-state index is -4.76. The van der Waals surface area contributed by atoms with E-state index >= 15 is 0 Å². The van der Waals surface area contributed by atoms with Crippen LogP contribution in [0.3, 0.4) is 0 Å². The van der Waals surface area contributed by atoms with Crippen molar-refractivity contribution < 1.29 is 35.2 Å². The number of aromatic nitrogens is 1. The summed E-state index contributed by atoms with van der Waals surface area (Å²) in [5.74, 6) is -0.108. The van der Waals surface area contributed by atoms with Gasteiger partial charge in [0.1, 0.15) is 11.5 Å². The molecule has 2 heterocycles. The van der Waals surface area contributed by atoms with Crippen molar-refractivity contribution in [3.8, 4) is 0 Å². The quantitative estimate of drug-likeness (QED) is 0.574. The second-order valence-corrected chi connectivity index (χ2v) is 10.0. The molecule has 2 aromatic rings. The van der Waals surface area contributed by atoms with E-state index in [4.69, 9.17) is 0 Å². The van der Waals surface area contributed by atoms with Gasteiger partial charge in [-0.2, -0.15) is 13.2 Å². The predicted molar refractivity (Wildman–Crippen MR) is 110 cm³/mol. The van der Waals surface area contributed by atoms with Crippen LogP contribution in [0.25, 0.3) is 0 Å². The molecule has 1 aliphatic carbocycles. The van der Waals surface area contributed by atoms with E-state index in [0.717, 1.165) is 25.2 Å². The van der Waals surface area contributed by atoms with Crippen LogP contribution in [0.5, 0.6) is 0 Å². The van der Waals surface area contributed by atoms with Crippen molar-refractivity contribution in [2.45, 2.75) is 43.2 Å². The van der Waals surface area contributed by atoms with Crippen molar-refractivity contribution >= 4 is 38.4 Å². The highest BCUT2D eigenvalue weighted by atomic mass is 32.2. The number of alkyl halides is 5. The zero-order valence-corrected chi connectivity index (χ0v) is 18.0. The second-order valence-electron chi connectivity index (χ2n) is 8.06. The minimum absolute atomic E-state index is 0.0345. The summed E-state index contributed by atoms with van der Waals surface area (Å²) in [6.07, 6.45) is -5.59. The standard InChI is InChI=1S/C21H18F5N3O3S/c1-33(31,32)18-6-11(21(24,25)26)4-5-13(18)28-14-7-12(8-17(30)10-2-3-10)27-15-9-16(20(22)23)29-19(14)15/h4-7,10,20H,2-3,8-9H2,1H3,(H,27,28). The Bertz CT molecular complexity index is 1270. The average molecular weight is 487 g/mol. The molecule has 33 heavy (non-hydrogen) atoms. The van der Waals surface area contributed by atoms with Crippen LogP contribution in [0.1, 0.15) is 29.8 Å². The van der Waals surface area contributed by atoms with Gasteiger partial charge in [0.2, 0.25) is 0 Å². The lowest BCUT2D eigenvalue weighted by Crippen LogP contribution is -2.12. The SMILES string of the molecule is CS(=O)(=O)c1cc(C(F)(F)F)ccc1Nc1cc(CC(=O)C2CC2)nc2c1N=C(C(F)F)C2. The van der Waals surface area contributed by atoms with Crippen molar-refractivity contribution in [2.24, 2.45) is 10.9 Å². The Kier molecular flexibility index (Phi) is 5.75. The van der Waals surface area contributed by atoms with Gasteiger partial charge in [0.15, 0.2) is 9.84 Å². The first-order valence-corrected chi connectivity index (χ1v) is 11.8. The highest BCUT2D eigenvalue weighted by molar-refractivity contribution is 7.90. The summed E-state index contributed by atoms with van der Waals surface area (Å²) in [4.78, 5) is 19.8. The Balaban J connectivity index is 1.78. The number of benzene rings is 1. The molecule has 1 aliphatic heterocycles. The van der Waals surface area contributed by atoms with Crippen molar-refractivity contribution in [3.05, 3.63) is 41.2 Å². The number of ketones is 1. The van der Waals surface area contributed by atoms with Gasteiger partial charge in [0.05, 0.1) is 38.9 Å². The van der Waals surface area contributed by atoms with Crippen molar-refractivity contribution in [2.75, 3.05) is 11.6 Å². The van der Waals surface area contributed by atoms with Crippen LogP contribution < -0.4 is 5.32 Å². The van der Waals surface area contributed by atoms with Crippen LogP contribution in [0, 0.1) is 5.92 Å². The first-order valence-electron chi connectivity index (χ1n) is 9.92. The van der Waals surface area contributed by atoms with Crippen LogP contribution in [-0.4, -0.2) is 37.6 Å². The zero-order chi connectivity index (χ0) is 24.1. The molecule has 12 heteroatoms. The van der Waals surface area contributed by atoms with E-state index in [1.165, 1.54) is 6.07 Å². The maximum atomic E-state index is 13.2. The lowest BCUT2D eigenvalue weighted by atomic mass is 10.1. The van der Waals surface area contributed by atoms with Gasteiger partial charge in [0, 0.05) is 25.0 Å². The van der Waals surface area contributed by atoms with Gasteiger partial charge in [-0.1, -0.05) is 0 Å². The van der Waals surface area contributed by atoms with Gasteiger partial charge in [-0.3, -0.25) is 9.78 Å². The van der Waals surface area contributed by atoms with E-state index in [9.17, 15) is 35.2 Å². The number of carbonyl (C=O) groups is 1. The molecule has 0 saturated heterocycles. The number of halogens is 5. The third-order valence-electron chi connectivity index (χ3n) is 5.34. The first-order chi connectivity index (χ1) is 15.3. The fourth-order valence-electron chi connectivity index (χ4n) is 3.55. The molecule has 0 radical (unpaired) electrons. The molecule has 176 valence electrons. The Hall–Kier alpha value is -2.89. The van der Waals surface area contributed by atoms with Gasteiger partial charge >= 0.3 is 6.18 Å². The normalized spacial score (nSPS) is 16.0. The first kappa shape index (κ1) is 23.3. The lowest BCUT2D eigenvalue weighted by Gasteiger charge is -2.16. The highest BCUT2D eigenvalue weighted by Gasteiger charge is 2.33. The van der Waals surface area contributed by atoms with Crippen LogP contribution in [0.4, 0.5) is 39.0 Å². The fourth-order valence-corrected chi connectivity index (χ4v) is 4.41. The average Bonchev–Trinajstić information content (AvgIpc) is 3.45. The zero-order valence-electron chi connectivity index (χ0n) is 17.2. The van der Waals surface area contributed by atoms with E-state index in [1.807, 2.05) is 0 Å². The molecule has 1 fully saturated rings. The molecule has 0 bridgehead atoms. The summed E-state index contributed by atoms with van der Waals surface area (Å²) in [6, 6.07) is 3.56. The number of aliphatic imine (C=N–C) groups is 1. The molecule has 0 unspecified atom stereocenters. The molecule has 4 rings (SSSR count). The highest BCUT2D eigenvalue weighted by Crippen LogP contribution is 2.40. The van der Waals surface area contributed by atoms with Gasteiger partial charge in [-0.05, 0) is 37.1 Å². The smallest absolute Gasteiger partial charge is 0.353 e. The Morgan fingerprint density at radius 3 is 2.45 bits per heavy atom. The van der Waals surface area contributed by atoms with Crippen molar-refractivity contribution in [3.63, 3.8) is 0 Å². The van der Waals surface area contributed by atoms with Crippen molar-refractivity contribution in [1.82, 2.24) is 4.98 Å². The van der Waals surface area contributed by atoms with E-state index in [0.29, 0.717) is 12.1 Å². The summed E-state index contributed by atoms with van der Waals surface area (Å²) in [5.41, 5.74) is -1.19. The van der Waals surface area contributed by atoms with Crippen LogP contribution in [0.15, 0.2) is 34.2 Å². The predicted octanol–water partition coefficient (Wildman–Crippen LogP) is 4.66. The summed E-state index contributed by atoms with van der Waals surface area (Å²) in [6.45, 7) is 0. The minimum Gasteiger partial charge on any atom is -0.353 e. The van der Waals surface area contributed by atoms with E-state index in [2.05, 4.69) is 15.3 Å². The molecule has 1 aromatic heterocycles. The molecular formula is C21H18F5N3O3S. The van der Waals surface area contributed by atoms with Crippen molar-refractivity contribution in [1.29, 1.82) is 0 Å². The maximum absolute atomic E-state index is 13.2. The number of rotatable bonds is 7. The third kappa shape index (κ3) is 5.05.